The zero-order valence-corrected chi connectivity index (χ0v) is 13.4. The summed E-state index contributed by atoms with van der Waals surface area (Å²) in [5.41, 5.74) is 0. The van der Waals surface area contributed by atoms with Gasteiger partial charge in [0.2, 0.25) is 5.95 Å². The van der Waals surface area contributed by atoms with Crippen LogP contribution in [-0.4, -0.2) is 53.3 Å². The second kappa shape index (κ2) is 9.77. The van der Waals surface area contributed by atoms with Gasteiger partial charge in [-0.2, -0.15) is 0 Å². The maximum atomic E-state index is 5.37. The number of anilines is 1. The molecule has 1 aromatic heterocycles. The van der Waals surface area contributed by atoms with E-state index in [9.17, 15) is 0 Å². The Morgan fingerprint density at radius 1 is 1.35 bits per heavy atom. The summed E-state index contributed by atoms with van der Waals surface area (Å²) in [7, 11) is 0. The molecule has 0 aliphatic carbocycles. The minimum absolute atomic E-state index is 0.392. The molecular weight excluding hydrogens is 252 g/mol. The molecule has 5 heteroatoms. The van der Waals surface area contributed by atoms with Crippen molar-refractivity contribution in [2.24, 2.45) is 0 Å². The van der Waals surface area contributed by atoms with Crippen molar-refractivity contribution >= 4 is 5.95 Å². The molecule has 0 aliphatic rings. The normalized spacial score (nSPS) is 12.8. The van der Waals surface area contributed by atoms with Gasteiger partial charge in [0.05, 0.1) is 0 Å². The molecular formula is C15H30N4O. The molecule has 1 aromatic rings. The largest absolute Gasteiger partial charge is 0.382 e. The quantitative estimate of drug-likeness (QED) is 0.633. The predicted octanol–water partition coefficient (Wildman–Crippen LogP) is 2.45. The molecule has 0 saturated heterocycles. The van der Waals surface area contributed by atoms with Gasteiger partial charge in [0, 0.05) is 44.7 Å². The van der Waals surface area contributed by atoms with E-state index in [2.05, 4.69) is 40.5 Å². The van der Waals surface area contributed by atoms with Gasteiger partial charge >= 0.3 is 0 Å². The van der Waals surface area contributed by atoms with Crippen molar-refractivity contribution in [3.63, 3.8) is 0 Å². The van der Waals surface area contributed by atoms with Crippen LogP contribution in [-0.2, 0) is 11.3 Å². The van der Waals surface area contributed by atoms with Crippen LogP contribution in [0.15, 0.2) is 12.4 Å². The highest BCUT2D eigenvalue weighted by molar-refractivity contribution is 5.27. The van der Waals surface area contributed by atoms with Crippen LogP contribution in [0.4, 0.5) is 5.95 Å². The monoisotopic (exact) mass is 282 g/mol. The van der Waals surface area contributed by atoms with Crippen LogP contribution < -0.4 is 5.32 Å². The van der Waals surface area contributed by atoms with E-state index >= 15 is 0 Å². The van der Waals surface area contributed by atoms with E-state index in [1.807, 2.05) is 19.3 Å². The first-order valence-electron chi connectivity index (χ1n) is 7.78. The SMILES string of the molecule is CCOCCCn1ccnc1NC(C)CN(CC)CC. The van der Waals surface area contributed by atoms with Crippen molar-refractivity contribution in [2.45, 2.75) is 46.7 Å². The molecule has 0 saturated carbocycles. The summed E-state index contributed by atoms with van der Waals surface area (Å²) in [5, 5.41) is 3.50. The van der Waals surface area contributed by atoms with Gasteiger partial charge in [-0.3, -0.25) is 0 Å². The first kappa shape index (κ1) is 17.0. The molecule has 1 atom stereocenters. The number of aromatic nitrogens is 2. The highest BCUT2D eigenvalue weighted by Gasteiger charge is 2.10. The summed E-state index contributed by atoms with van der Waals surface area (Å²) in [6, 6.07) is 0.392. The van der Waals surface area contributed by atoms with Crippen LogP contribution >= 0.6 is 0 Å². The number of nitrogens with zero attached hydrogens (tertiary/aromatic N) is 3. The topological polar surface area (TPSA) is 42.3 Å². The molecule has 0 aliphatic heterocycles. The molecule has 1 rings (SSSR count). The van der Waals surface area contributed by atoms with Crippen LogP contribution in [0.25, 0.3) is 0 Å². The third-order valence-corrected chi connectivity index (χ3v) is 3.41. The number of hydrogen-bond acceptors (Lipinski definition) is 4. The third-order valence-electron chi connectivity index (χ3n) is 3.41. The van der Waals surface area contributed by atoms with Crippen molar-refractivity contribution in [2.75, 3.05) is 38.2 Å². The Labute approximate surface area is 123 Å². The van der Waals surface area contributed by atoms with E-state index in [4.69, 9.17) is 4.74 Å². The van der Waals surface area contributed by atoms with Gasteiger partial charge in [-0.1, -0.05) is 13.8 Å². The minimum atomic E-state index is 0.392. The van der Waals surface area contributed by atoms with Crippen LogP contribution in [0, 0.1) is 0 Å². The van der Waals surface area contributed by atoms with Crippen molar-refractivity contribution in [1.29, 1.82) is 0 Å². The Morgan fingerprint density at radius 3 is 2.75 bits per heavy atom. The van der Waals surface area contributed by atoms with Gasteiger partial charge in [-0.15, -0.1) is 0 Å². The van der Waals surface area contributed by atoms with E-state index < -0.39 is 0 Å². The number of likely N-dealkylation sites (N-methyl/N-ethyl adjacent to an activating group) is 1. The fourth-order valence-electron chi connectivity index (χ4n) is 2.25. The molecule has 1 unspecified atom stereocenters. The molecule has 0 radical (unpaired) electrons. The lowest BCUT2D eigenvalue weighted by molar-refractivity contribution is 0.142. The number of ether oxygens (including phenoxy) is 1. The predicted molar refractivity (Wildman–Crippen MR) is 84.2 cm³/mol. The lowest BCUT2D eigenvalue weighted by Crippen LogP contribution is -2.35. The second-order valence-electron chi connectivity index (χ2n) is 5.03. The molecule has 0 fully saturated rings. The standard InChI is InChI=1S/C15H30N4O/c1-5-18(6-2)13-14(4)17-15-16-9-11-19(15)10-8-12-20-7-3/h9,11,14H,5-8,10,12-13H2,1-4H3,(H,16,17). The Balaban J connectivity index is 2.41. The Hall–Kier alpha value is -1.07. The molecule has 1 N–H and O–H groups in total. The van der Waals surface area contributed by atoms with E-state index in [0.717, 1.165) is 51.8 Å². The van der Waals surface area contributed by atoms with Gasteiger partial charge in [0.25, 0.3) is 0 Å². The lowest BCUT2D eigenvalue weighted by atomic mass is 10.3. The van der Waals surface area contributed by atoms with Gasteiger partial charge in [-0.05, 0) is 33.4 Å². The summed E-state index contributed by atoms with van der Waals surface area (Å²) < 4.78 is 7.54. The zero-order chi connectivity index (χ0) is 14.8. The zero-order valence-electron chi connectivity index (χ0n) is 13.4. The minimum Gasteiger partial charge on any atom is -0.382 e. The molecule has 20 heavy (non-hydrogen) atoms. The first-order valence-corrected chi connectivity index (χ1v) is 7.78. The lowest BCUT2D eigenvalue weighted by Gasteiger charge is -2.24. The molecule has 0 spiro atoms. The van der Waals surface area contributed by atoms with E-state index in [-0.39, 0.29) is 0 Å². The van der Waals surface area contributed by atoms with Gasteiger partial charge in [0.15, 0.2) is 0 Å². The van der Waals surface area contributed by atoms with Gasteiger partial charge in [-0.25, -0.2) is 4.98 Å². The molecule has 116 valence electrons. The average molecular weight is 282 g/mol. The Morgan fingerprint density at radius 2 is 2.10 bits per heavy atom. The van der Waals surface area contributed by atoms with Crippen LogP contribution in [0.3, 0.4) is 0 Å². The number of imidazole rings is 1. The second-order valence-corrected chi connectivity index (χ2v) is 5.03. The summed E-state index contributed by atoms with van der Waals surface area (Å²) in [5.74, 6) is 0.959. The fraction of sp³-hybridized carbons (Fsp3) is 0.800. The smallest absolute Gasteiger partial charge is 0.203 e. The number of hydrogen-bond donors (Lipinski definition) is 1. The number of nitrogens with one attached hydrogen (secondary N) is 1. The highest BCUT2D eigenvalue weighted by Crippen LogP contribution is 2.08. The summed E-state index contributed by atoms with van der Waals surface area (Å²) in [6.07, 6.45) is 4.90. The summed E-state index contributed by atoms with van der Waals surface area (Å²) in [4.78, 5) is 6.82. The summed E-state index contributed by atoms with van der Waals surface area (Å²) >= 11 is 0. The van der Waals surface area contributed by atoms with Crippen molar-refractivity contribution in [3.05, 3.63) is 12.4 Å². The van der Waals surface area contributed by atoms with E-state index in [1.165, 1.54) is 0 Å². The Kier molecular flexibility index (Phi) is 8.30. The van der Waals surface area contributed by atoms with Gasteiger partial charge < -0.3 is 19.5 Å². The van der Waals surface area contributed by atoms with Crippen molar-refractivity contribution < 1.29 is 4.74 Å². The molecule has 1 heterocycles. The molecule has 0 amide bonds. The highest BCUT2D eigenvalue weighted by atomic mass is 16.5. The first-order chi connectivity index (χ1) is 9.71. The average Bonchev–Trinajstić information content (AvgIpc) is 2.88. The van der Waals surface area contributed by atoms with Crippen LogP contribution in [0.2, 0.25) is 0 Å². The molecule has 0 bridgehead atoms. The Bertz CT molecular complexity index is 349. The number of rotatable bonds is 11. The van der Waals surface area contributed by atoms with Crippen LogP contribution in [0.5, 0.6) is 0 Å². The maximum absolute atomic E-state index is 5.37. The molecule has 5 nitrogen and oxygen atoms in total. The third kappa shape index (κ3) is 5.92. The maximum Gasteiger partial charge on any atom is 0.203 e. The fourth-order valence-corrected chi connectivity index (χ4v) is 2.25. The van der Waals surface area contributed by atoms with Crippen LogP contribution in [0.1, 0.15) is 34.1 Å². The number of aryl methyl sites for hydroxylation is 1. The molecule has 0 aromatic carbocycles. The van der Waals surface area contributed by atoms with Crippen molar-refractivity contribution in [3.8, 4) is 0 Å². The van der Waals surface area contributed by atoms with E-state index in [1.54, 1.807) is 0 Å². The van der Waals surface area contributed by atoms with Gasteiger partial charge in [0.1, 0.15) is 0 Å². The summed E-state index contributed by atoms with van der Waals surface area (Å²) in [6.45, 7) is 14.4. The van der Waals surface area contributed by atoms with E-state index in [0.29, 0.717) is 6.04 Å². The van der Waals surface area contributed by atoms with Crippen molar-refractivity contribution in [1.82, 2.24) is 14.5 Å².